The lowest BCUT2D eigenvalue weighted by Crippen LogP contribution is -2.14. The number of nitrogens with zero attached hydrogens (tertiary/aromatic N) is 1. The molecular weight excluding hydrogens is 419 g/mol. The normalized spacial score (nSPS) is 10.3. The van der Waals surface area contributed by atoms with E-state index >= 15 is 0 Å². The Balaban J connectivity index is 2.26. The Bertz CT molecular complexity index is 643. The molecule has 0 aliphatic heterocycles. The largest absolute Gasteiger partial charge is 0.321 e. The van der Waals surface area contributed by atoms with E-state index in [9.17, 15) is 4.79 Å². The van der Waals surface area contributed by atoms with Crippen LogP contribution in [0.1, 0.15) is 21.5 Å². The molecule has 0 fully saturated rings. The molecule has 0 saturated carbocycles. The van der Waals surface area contributed by atoms with E-state index in [-0.39, 0.29) is 5.91 Å². The van der Waals surface area contributed by atoms with E-state index in [0.717, 1.165) is 19.3 Å². The zero-order valence-corrected chi connectivity index (χ0v) is 14.2. The smallest absolute Gasteiger partial charge is 0.256 e. The van der Waals surface area contributed by atoms with Crippen molar-refractivity contribution in [2.75, 3.05) is 5.32 Å². The van der Waals surface area contributed by atoms with Crippen LogP contribution in [0.25, 0.3) is 0 Å². The Morgan fingerprint density at radius 3 is 2.74 bits per heavy atom. The minimum absolute atomic E-state index is 0.114. The van der Waals surface area contributed by atoms with Gasteiger partial charge >= 0.3 is 0 Å². The molecule has 0 aliphatic rings. The van der Waals surface area contributed by atoms with Crippen LogP contribution < -0.4 is 5.32 Å². The van der Waals surface area contributed by atoms with Gasteiger partial charge < -0.3 is 5.32 Å². The summed E-state index contributed by atoms with van der Waals surface area (Å²) in [4.78, 5) is 16.4. The van der Waals surface area contributed by atoms with Crippen molar-refractivity contribution < 1.29 is 4.79 Å². The van der Waals surface area contributed by atoms with E-state index in [0.29, 0.717) is 11.3 Å². The molecule has 0 spiro atoms. The highest BCUT2D eigenvalue weighted by molar-refractivity contribution is 14.1. The fourth-order valence-corrected chi connectivity index (χ4v) is 2.47. The summed E-state index contributed by atoms with van der Waals surface area (Å²) in [7, 11) is 0. The number of benzene rings is 1. The SMILES string of the molecule is Cc1cc(NC(=O)c2cccc(C)c2I)cnc1Br. The average molecular weight is 431 g/mol. The number of pyridine rings is 1. The summed E-state index contributed by atoms with van der Waals surface area (Å²) in [6.45, 7) is 3.92. The van der Waals surface area contributed by atoms with Gasteiger partial charge in [-0.2, -0.15) is 0 Å². The third-order valence-corrected chi connectivity index (χ3v) is 4.97. The second-order valence-corrected chi connectivity index (χ2v) is 6.05. The number of aromatic nitrogens is 1. The number of hydrogen-bond donors (Lipinski definition) is 1. The summed E-state index contributed by atoms with van der Waals surface area (Å²) in [5, 5.41) is 2.87. The van der Waals surface area contributed by atoms with Gasteiger partial charge in [-0.15, -0.1) is 0 Å². The molecule has 1 heterocycles. The van der Waals surface area contributed by atoms with Crippen LogP contribution in [-0.2, 0) is 0 Å². The van der Waals surface area contributed by atoms with Crippen LogP contribution in [0.2, 0.25) is 0 Å². The van der Waals surface area contributed by atoms with Crippen LogP contribution in [0.4, 0.5) is 5.69 Å². The molecular formula is C14H12BrIN2O. The summed E-state index contributed by atoms with van der Waals surface area (Å²) in [5.74, 6) is -0.114. The summed E-state index contributed by atoms with van der Waals surface area (Å²) in [6, 6.07) is 7.59. The molecule has 1 N–H and O–H groups in total. The van der Waals surface area contributed by atoms with Crippen molar-refractivity contribution in [3.63, 3.8) is 0 Å². The number of aryl methyl sites for hydroxylation is 2. The molecule has 3 nitrogen and oxygen atoms in total. The predicted molar refractivity (Wildman–Crippen MR) is 88.5 cm³/mol. The van der Waals surface area contributed by atoms with E-state index in [2.05, 4.69) is 48.8 Å². The van der Waals surface area contributed by atoms with E-state index < -0.39 is 0 Å². The fourth-order valence-electron chi connectivity index (χ4n) is 1.65. The maximum absolute atomic E-state index is 12.2. The molecule has 1 amide bonds. The minimum atomic E-state index is -0.114. The lowest BCUT2D eigenvalue weighted by Gasteiger charge is -2.09. The van der Waals surface area contributed by atoms with Crippen LogP contribution in [0.15, 0.2) is 35.1 Å². The highest BCUT2D eigenvalue weighted by Gasteiger charge is 2.12. The predicted octanol–water partition coefficient (Wildman–Crippen LogP) is 4.32. The lowest BCUT2D eigenvalue weighted by atomic mass is 10.1. The molecule has 1 aromatic heterocycles. The highest BCUT2D eigenvalue weighted by atomic mass is 127. The monoisotopic (exact) mass is 430 g/mol. The van der Waals surface area contributed by atoms with Gasteiger partial charge in [-0.1, -0.05) is 12.1 Å². The van der Waals surface area contributed by atoms with Crippen molar-refractivity contribution >= 4 is 50.1 Å². The number of amides is 1. The quantitative estimate of drug-likeness (QED) is 0.569. The van der Waals surface area contributed by atoms with Crippen LogP contribution in [-0.4, -0.2) is 10.9 Å². The Morgan fingerprint density at radius 2 is 2.05 bits per heavy atom. The van der Waals surface area contributed by atoms with Gasteiger partial charge in [0.05, 0.1) is 17.4 Å². The Morgan fingerprint density at radius 1 is 1.32 bits per heavy atom. The van der Waals surface area contributed by atoms with Crippen LogP contribution in [0.5, 0.6) is 0 Å². The standard InChI is InChI=1S/C14H12BrIN2O/c1-8-4-3-5-11(12(8)16)14(19)18-10-6-9(2)13(15)17-7-10/h3-7H,1-2H3,(H,18,19). The van der Waals surface area contributed by atoms with Crippen molar-refractivity contribution in [1.82, 2.24) is 4.98 Å². The van der Waals surface area contributed by atoms with Crippen molar-refractivity contribution in [2.24, 2.45) is 0 Å². The minimum Gasteiger partial charge on any atom is -0.321 e. The lowest BCUT2D eigenvalue weighted by molar-refractivity contribution is 0.102. The molecule has 0 radical (unpaired) electrons. The first-order valence-electron chi connectivity index (χ1n) is 5.67. The molecule has 0 unspecified atom stereocenters. The number of rotatable bonds is 2. The van der Waals surface area contributed by atoms with Crippen molar-refractivity contribution in [3.05, 3.63) is 55.3 Å². The Kier molecular flexibility index (Phi) is 4.57. The number of carbonyl (C=O) groups is 1. The van der Waals surface area contributed by atoms with Crippen molar-refractivity contribution in [3.8, 4) is 0 Å². The molecule has 19 heavy (non-hydrogen) atoms. The van der Waals surface area contributed by atoms with Gasteiger partial charge in [-0.05, 0) is 75.6 Å². The molecule has 5 heteroatoms. The van der Waals surface area contributed by atoms with Gasteiger partial charge in [0, 0.05) is 3.57 Å². The topological polar surface area (TPSA) is 42.0 Å². The Labute approximate surface area is 134 Å². The molecule has 0 atom stereocenters. The van der Waals surface area contributed by atoms with Crippen LogP contribution >= 0.6 is 38.5 Å². The maximum Gasteiger partial charge on any atom is 0.256 e. The molecule has 2 aromatic rings. The first-order valence-corrected chi connectivity index (χ1v) is 7.55. The van der Waals surface area contributed by atoms with Crippen LogP contribution in [0, 0.1) is 17.4 Å². The number of halogens is 2. The third kappa shape index (κ3) is 3.33. The van der Waals surface area contributed by atoms with Gasteiger partial charge in [0.1, 0.15) is 4.60 Å². The second kappa shape index (κ2) is 6.00. The van der Waals surface area contributed by atoms with Gasteiger partial charge in [-0.3, -0.25) is 4.79 Å². The maximum atomic E-state index is 12.2. The molecule has 0 saturated heterocycles. The molecule has 98 valence electrons. The Hall–Kier alpha value is -0.950. The first kappa shape index (κ1) is 14.5. The van der Waals surface area contributed by atoms with Crippen molar-refractivity contribution in [2.45, 2.75) is 13.8 Å². The number of nitrogens with one attached hydrogen (secondary N) is 1. The van der Waals surface area contributed by atoms with E-state index in [1.54, 1.807) is 6.20 Å². The summed E-state index contributed by atoms with van der Waals surface area (Å²) >= 11 is 5.53. The number of hydrogen-bond acceptors (Lipinski definition) is 2. The molecule has 0 aliphatic carbocycles. The summed E-state index contributed by atoms with van der Waals surface area (Å²) in [6.07, 6.45) is 1.64. The van der Waals surface area contributed by atoms with Crippen molar-refractivity contribution in [1.29, 1.82) is 0 Å². The van der Waals surface area contributed by atoms with E-state index in [1.165, 1.54) is 0 Å². The molecule has 1 aromatic carbocycles. The fraction of sp³-hybridized carbons (Fsp3) is 0.143. The average Bonchev–Trinajstić information content (AvgIpc) is 2.37. The van der Waals surface area contributed by atoms with Gasteiger partial charge in [0.15, 0.2) is 0 Å². The number of carbonyl (C=O) groups excluding carboxylic acids is 1. The van der Waals surface area contributed by atoms with E-state index in [1.807, 2.05) is 38.1 Å². The van der Waals surface area contributed by atoms with Gasteiger partial charge in [-0.25, -0.2) is 4.98 Å². The third-order valence-electron chi connectivity index (χ3n) is 2.71. The highest BCUT2D eigenvalue weighted by Crippen LogP contribution is 2.20. The first-order chi connectivity index (χ1) is 8.99. The van der Waals surface area contributed by atoms with Gasteiger partial charge in [0.2, 0.25) is 0 Å². The zero-order valence-electron chi connectivity index (χ0n) is 10.5. The number of anilines is 1. The summed E-state index contributed by atoms with van der Waals surface area (Å²) in [5.41, 5.74) is 3.46. The summed E-state index contributed by atoms with van der Waals surface area (Å²) < 4.78 is 1.76. The van der Waals surface area contributed by atoms with Crippen LogP contribution in [0.3, 0.4) is 0 Å². The zero-order chi connectivity index (χ0) is 14.0. The van der Waals surface area contributed by atoms with E-state index in [4.69, 9.17) is 0 Å². The molecule has 0 bridgehead atoms. The molecule has 2 rings (SSSR count). The second-order valence-electron chi connectivity index (χ2n) is 4.22. The van der Waals surface area contributed by atoms with Gasteiger partial charge in [0.25, 0.3) is 5.91 Å².